The Balaban J connectivity index is 2.44. The van der Waals surface area contributed by atoms with Gasteiger partial charge in [-0.3, -0.25) is 4.79 Å². The summed E-state index contributed by atoms with van der Waals surface area (Å²) in [5.41, 5.74) is 0.476. The molecule has 0 radical (unpaired) electrons. The van der Waals surface area contributed by atoms with E-state index in [1.54, 1.807) is 0 Å². The van der Waals surface area contributed by atoms with E-state index in [0.717, 1.165) is 11.1 Å². The predicted octanol–water partition coefficient (Wildman–Crippen LogP) is 4.98. The van der Waals surface area contributed by atoms with Gasteiger partial charge in [-0.25, -0.2) is 0 Å². The van der Waals surface area contributed by atoms with Crippen molar-refractivity contribution in [2.75, 3.05) is 0 Å². The number of hydrogen-bond acceptors (Lipinski definition) is 3. The van der Waals surface area contributed by atoms with Crippen LogP contribution in [-0.4, -0.2) is 11.6 Å². The van der Waals surface area contributed by atoms with Gasteiger partial charge in [-0.1, -0.05) is 60.7 Å². The van der Waals surface area contributed by atoms with Crippen LogP contribution in [0.1, 0.15) is 51.2 Å². The van der Waals surface area contributed by atoms with Crippen LogP contribution in [0.4, 0.5) is 0 Å². The highest BCUT2D eigenvalue weighted by atomic mass is 16.6. The first-order valence-electron chi connectivity index (χ1n) is 8.50. The fourth-order valence-electron chi connectivity index (χ4n) is 3.02. The smallest absolute Gasteiger partial charge is 0.306 e. The highest BCUT2D eigenvalue weighted by molar-refractivity contribution is 5.72. The van der Waals surface area contributed by atoms with Gasteiger partial charge in [-0.05, 0) is 38.8 Å². The van der Waals surface area contributed by atoms with Gasteiger partial charge in [0.05, 0.1) is 17.9 Å². The fourth-order valence-corrected chi connectivity index (χ4v) is 3.02. The molecular weight excluding hydrogens is 310 g/mol. The molecule has 2 rings (SSSR count). The Kier molecular flexibility index (Phi) is 5.64. The third kappa shape index (κ3) is 4.70. The molecule has 0 saturated carbocycles. The van der Waals surface area contributed by atoms with E-state index in [0.29, 0.717) is 0 Å². The average Bonchev–Trinajstić information content (AvgIpc) is 2.59. The third-order valence-electron chi connectivity index (χ3n) is 4.30. The Morgan fingerprint density at radius 2 is 1.52 bits per heavy atom. The zero-order valence-corrected chi connectivity index (χ0v) is 15.3. The summed E-state index contributed by atoms with van der Waals surface area (Å²) in [4.78, 5) is 12.5. The van der Waals surface area contributed by atoms with Crippen molar-refractivity contribution in [1.29, 1.82) is 5.26 Å². The monoisotopic (exact) mass is 335 g/mol. The summed E-state index contributed by atoms with van der Waals surface area (Å²) in [6.07, 6.45) is 0.153. The SMILES string of the molecule is CC(C)(C)OC(=O)C[C@H](c1ccccc1)[C@](C)(C#N)c1ccccc1. The van der Waals surface area contributed by atoms with Crippen LogP contribution in [0.2, 0.25) is 0 Å². The molecule has 0 fully saturated rings. The van der Waals surface area contributed by atoms with Crippen LogP contribution in [0.3, 0.4) is 0 Å². The van der Waals surface area contributed by atoms with E-state index in [1.165, 1.54) is 0 Å². The molecule has 0 heterocycles. The quantitative estimate of drug-likeness (QED) is 0.724. The minimum Gasteiger partial charge on any atom is -0.460 e. The number of carbonyl (C=O) groups excluding carboxylic acids is 1. The van der Waals surface area contributed by atoms with Gasteiger partial charge in [0, 0.05) is 5.92 Å². The second-order valence-electron chi connectivity index (χ2n) is 7.43. The van der Waals surface area contributed by atoms with Crippen LogP contribution in [-0.2, 0) is 14.9 Å². The maximum absolute atomic E-state index is 12.5. The van der Waals surface area contributed by atoms with Gasteiger partial charge in [0.15, 0.2) is 0 Å². The summed E-state index contributed by atoms with van der Waals surface area (Å²) in [5.74, 6) is -0.588. The summed E-state index contributed by atoms with van der Waals surface area (Å²) in [5, 5.41) is 10.0. The molecule has 2 atom stereocenters. The van der Waals surface area contributed by atoms with E-state index in [2.05, 4.69) is 6.07 Å². The summed E-state index contributed by atoms with van der Waals surface area (Å²) < 4.78 is 5.52. The van der Waals surface area contributed by atoms with Crippen molar-refractivity contribution >= 4 is 5.97 Å². The second kappa shape index (κ2) is 7.53. The molecule has 0 aliphatic heterocycles. The van der Waals surface area contributed by atoms with Crippen molar-refractivity contribution in [1.82, 2.24) is 0 Å². The van der Waals surface area contributed by atoms with Gasteiger partial charge in [0.1, 0.15) is 5.60 Å². The molecule has 130 valence electrons. The van der Waals surface area contributed by atoms with Crippen LogP contribution in [0.15, 0.2) is 60.7 Å². The molecule has 0 saturated heterocycles. The summed E-state index contributed by atoms with van der Waals surface area (Å²) in [6, 6.07) is 21.8. The largest absolute Gasteiger partial charge is 0.460 e. The zero-order valence-electron chi connectivity index (χ0n) is 15.3. The molecule has 0 unspecified atom stereocenters. The second-order valence-corrected chi connectivity index (χ2v) is 7.43. The van der Waals surface area contributed by atoms with Crippen molar-refractivity contribution in [3.63, 3.8) is 0 Å². The van der Waals surface area contributed by atoms with Crippen LogP contribution in [0.5, 0.6) is 0 Å². The molecule has 3 nitrogen and oxygen atoms in total. The van der Waals surface area contributed by atoms with Crippen molar-refractivity contribution in [2.24, 2.45) is 0 Å². The molecule has 0 amide bonds. The van der Waals surface area contributed by atoms with E-state index in [9.17, 15) is 10.1 Å². The Labute approximate surface area is 150 Å². The number of nitriles is 1. The molecule has 3 heteroatoms. The summed E-state index contributed by atoms with van der Waals surface area (Å²) >= 11 is 0. The number of rotatable bonds is 5. The average molecular weight is 335 g/mol. The molecule has 0 aliphatic rings. The molecule has 0 aliphatic carbocycles. The third-order valence-corrected chi connectivity index (χ3v) is 4.30. The number of esters is 1. The van der Waals surface area contributed by atoms with Crippen molar-refractivity contribution in [3.8, 4) is 6.07 Å². The highest BCUT2D eigenvalue weighted by Crippen LogP contribution is 2.41. The Morgan fingerprint density at radius 3 is 2.00 bits per heavy atom. The summed E-state index contributed by atoms with van der Waals surface area (Å²) in [7, 11) is 0. The Bertz CT molecular complexity index is 741. The topological polar surface area (TPSA) is 50.1 Å². The molecule has 2 aromatic carbocycles. The number of ether oxygens (including phenoxy) is 1. The lowest BCUT2D eigenvalue weighted by Gasteiger charge is -2.33. The fraction of sp³-hybridized carbons (Fsp3) is 0.364. The molecule has 2 aromatic rings. The standard InChI is InChI=1S/C22H25NO2/c1-21(2,3)25-20(24)15-19(17-11-7-5-8-12-17)22(4,16-23)18-13-9-6-10-14-18/h5-14,19H,15H2,1-4H3/t19-,22-/m1/s1. The molecule has 0 aromatic heterocycles. The van der Waals surface area contributed by atoms with E-state index >= 15 is 0 Å². The number of carbonyl (C=O) groups is 1. The van der Waals surface area contributed by atoms with Crippen molar-refractivity contribution in [2.45, 2.75) is 51.0 Å². The van der Waals surface area contributed by atoms with Gasteiger partial charge in [0.25, 0.3) is 0 Å². The number of hydrogen-bond donors (Lipinski definition) is 0. The van der Waals surface area contributed by atoms with Crippen LogP contribution in [0, 0.1) is 11.3 Å². The van der Waals surface area contributed by atoms with E-state index in [4.69, 9.17) is 4.74 Å². The van der Waals surface area contributed by atoms with Gasteiger partial charge in [-0.2, -0.15) is 5.26 Å². The minimum absolute atomic E-state index is 0.153. The number of benzene rings is 2. The molecule has 25 heavy (non-hydrogen) atoms. The van der Waals surface area contributed by atoms with E-state index in [1.807, 2.05) is 88.4 Å². The molecular formula is C22H25NO2. The van der Waals surface area contributed by atoms with Crippen molar-refractivity contribution < 1.29 is 9.53 Å². The minimum atomic E-state index is -0.834. The molecule has 0 spiro atoms. The first-order chi connectivity index (χ1) is 11.8. The maximum atomic E-state index is 12.5. The van der Waals surface area contributed by atoms with Crippen LogP contribution >= 0.6 is 0 Å². The number of nitrogens with zero attached hydrogens (tertiary/aromatic N) is 1. The highest BCUT2D eigenvalue weighted by Gasteiger charge is 2.39. The zero-order chi connectivity index (χ0) is 18.5. The molecule has 0 N–H and O–H groups in total. The van der Waals surface area contributed by atoms with Gasteiger partial charge < -0.3 is 4.74 Å². The van der Waals surface area contributed by atoms with Gasteiger partial charge in [-0.15, -0.1) is 0 Å². The maximum Gasteiger partial charge on any atom is 0.306 e. The Hall–Kier alpha value is -2.60. The van der Waals surface area contributed by atoms with Gasteiger partial charge in [0.2, 0.25) is 0 Å². The molecule has 0 bridgehead atoms. The lowest BCUT2D eigenvalue weighted by molar-refractivity contribution is -0.155. The normalized spacial score (nSPS) is 14.8. The van der Waals surface area contributed by atoms with Crippen LogP contribution < -0.4 is 0 Å². The van der Waals surface area contributed by atoms with Gasteiger partial charge >= 0.3 is 5.97 Å². The first kappa shape index (κ1) is 18.7. The van der Waals surface area contributed by atoms with Crippen molar-refractivity contribution in [3.05, 3.63) is 71.8 Å². The van der Waals surface area contributed by atoms with E-state index in [-0.39, 0.29) is 18.3 Å². The lowest BCUT2D eigenvalue weighted by Crippen LogP contribution is -2.33. The lowest BCUT2D eigenvalue weighted by atomic mass is 9.68. The Morgan fingerprint density at radius 1 is 1.00 bits per heavy atom. The summed E-state index contributed by atoms with van der Waals surface area (Å²) in [6.45, 7) is 7.44. The first-order valence-corrected chi connectivity index (χ1v) is 8.50. The predicted molar refractivity (Wildman–Crippen MR) is 99.1 cm³/mol. The van der Waals surface area contributed by atoms with E-state index < -0.39 is 11.0 Å². The van der Waals surface area contributed by atoms with Crippen LogP contribution in [0.25, 0.3) is 0 Å².